The molecule has 0 aliphatic rings. The summed E-state index contributed by atoms with van der Waals surface area (Å²) in [5.74, 6) is -0.291. The van der Waals surface area contributed by atoms with E-state index in [0.29, 0.717) is 5.76 Å². The molecule has 6 heteroatoms. The van der Waals surface area contributed by atoms with Crippen LogP contribution in [0.1, 0.15) is 24.3 Å². The maximum atomic E-state index is 11.9. The minimum Gasteiger partial charge on any atom is -0.459 e. The van der Waals surface area contributed by atoms with E-state index in [2.05, 4.69) is 5.32 Å². The summed E-state index contributed by atoms with van der Waals surface area (Å²) in [7, 11) is 0. The number of thiophene rings is 1. The third-order valence-corrected chi connectivity index (χ3v) is 4.25. The van der Waals surface area contributed by atoms with Crippen LogP contribution in [0.15, 0.2) is 57.7 Å². The molecule has 1 N–H and O–H groups in total. The van der Waals surface area contributed by atoms with Gasteiger partial charge in [-0.3, -0.25) is 4.79 Å². The Labute approximate surface area is 148 Å². The summed E-state index contributed by atoms with van der Waals surface area (Å²) in [6.07, 6.45) is 2.95. The minimum atomic E-state index is -0.558. The molecule has 1 aromatic carbocycles. The van der Waals surface area contributed by atoms with Crippen LogP contribution in [0.2, 0.25) is 0 Å². The van der Waals surface area contributed by atoms with Gasteiger partial charge in [0.1, 0.15) is 11.3 Å². The number of nitrogens with one attached hydrogen (secondary N) is 1. The number of amides is 1. The molecule has 25 heavy (non-hydrogen) atoms. The molecule has 3 rings (SSSR count). The first-order valence-corrected chi connectivity index (χ1v) is 8.71. The van der Waals surface area contributed by atoms with Gasteiger partial charge in [-0.1, -0.05) is 18.2 Å². The lowest BCUT2D eigenvalue weighted by Gasteiger charge is -2.11. The minimum absolute atomic E-state index is 0.319. The van der Waals surface area contributed by atoms with Gasteiger partial charge in [0.2, 0.25) is 0 Å². The van der Waals surface area contributed by atoms with Crippen LogP contribution in [-0.4, -0.2) is 18.5 Å². The zero-order valence-electron chi connectivity index (χ0n) is 13.6. The number of hydrogen-bond acceptors (Lipinski definition) is 5. The number of esters is 1. The van der Waals surface area contributed by atoms with Crippen LogP contribution in [0.5, 0.6) is 0 Å². The smallest absolute Gasteiger partial charge is 0.331 e. The molecule has 2 heterocycles. The summed E-state index contributed by atoms with van der Waals surface area (Å²) in [4.78, 5) is 23.5. The number of carbonyl (C=O) groups is 2. The van der Waals surface area contributed by atoms with Crippen molar-refractivity contribution in [3.63, 3.8) is 0 Å². The Morgan fingerprint density at radius 2 is 2.16 bits per heavy atom. The topological polar surface area (TPSA) is 68.5 Å². The Morgan fingerprint density at radius 3 is 2.92 bits per heavy atom. The number of fused-ring (bicyclic) bond motifs is 1. The van der Waals surface area contributed by atoms with Crippen LogP contribution in [0.3, 0.4) is 0 Å². The third-order valence-electron chi connectivity index (χ3n) is 3.55. The van der Waals surface area contributed by atoms with Crippen molar-refractivity contribution in [1.82, 2.24) is 5.32 Å². The van der Waals surface area contributed by atoms with Gasteiger partial charge in [-0.15, -0.1) is 0 Å². The van der Waals surface area contributed by atoms with Crippen LogP contribution < -0.4 is 5.32 Å². The van der Waals surface area contributed by atoms with Crippen LogP contribution in [0.4, 0.5) is 0 Å². The highest BCUT2D eigenvalue weighted by Crippen LogP contribution is 2.23. The van der Waals surface area contributed by atoms with Crippen molar-refractivity contribution in [2.45, 2.75) is 13.0 Å². The van der Waals surface area contributed by atoms with Gasteiger partial charge in [-0.25, -0.2) is 4.79 Å². The molecular formula is C19H17NO4S. The van der Waals surface area contributed by atoms with Crippen molar-refractivity contribution in [3.05, 3.63) is 64.6 Å². The van der Waals surface area contributed by atoms with E-state index in [-0.39, 0.29) is 18.6 Å². The Morgan fingerprint density at radius 1 is 1.32 bits per heavy atom. The van der Waals surface area contributed by atoms with Crippen molar-refractivity contribution in [1.29, 1.82) is 0 Å². The first-order valence-electron chi connectivity index (χ1n) is 7.77. The maximum absolute atomic E-state index is 11.9. The third kappa shape index (κ3) is 4.58. The van der Waals surface area contributed by atoms with Crippen molar-refractivity contribution >= 4 is 40.3 Å². The molecule has 3 aromatic rings. The lowest BCUT2D eigenvalue weighted by atomic mass is 10.2. The molecule has 0 aliphatic heterocycles. The summed E-state index contributed by atoms with van der Waals surface area (Å²) in [6, 6.07) is 11.1. The molecule has 0 radical (unpaired) electrons. The Bertz CT molecular complexity index is 862. The van der Waals surface area contributed by atoms with Crippen LogP contribution >= 0.6 is 11.3 Å². The van der Waals surface area contributed by atoms with Crippen molar-refractivity contribution in [2.24, 2.45) is 0 Å². The van der Waals surface area contributed by atoms with E-state index in [1.807, 2.05) is 54.1 Å². The summed E-state index contributed by atoms with van der Waals surface area (Å²) >= 11 is 1.54. The fraction of sp³-hybridized carbons (Fsp3) is 0.158. The molecular weight excluding hydrogens is 338 g/mol. The monoisotopic (exact) mass is 355 g/mol. The van der Waals surface area contributed by atoms with E-state index < -0.39 is 5.97 Å². The molecule has 0 unspecified atom stereocenters. The fourth-order valence-corrected chi connectivity index (χ4v) is 2.92. The average Bonchev–Trinajstić information content (AvgIpc) is 3.27. The van der Waals surface area contributed by atoms with Gasteiger partial charge in [0.25, 0.3) is 5.91 Å². The highest BCUT2D eigenvalue weighted by Gasteiger charge is 2.15. The van der Waals surface area contributed by atoms with Gasteiger partial charge < -0.3 is 14.5 Å². The fourth-order valence-electron chi connectivity index (χ4n) is 2.29. The van der Waals surface area contributed by atoms with Gasteiger partial charge in [0.05, 0.1) is 6.04 Å². The summed E-state index contributed by atoms with van der Waals surface area (Å²) < 4.78 is 10.6. The standard InChI is InChI=1S/C19H17NO4S/c1-13(17-10-15-4-2-3-5-16(15)24-17)20-18(21)11-23-19(22)7-6-14-8-9-25-12-14/h2-10,12-13H,11H2,1H3,(H,20,21)/b7-6+/t13-/m0/s1. The van der Waals surface area contributed by atoms with E-state index in [0.717, 1.165) is 16.5 Å². The highest BCUT2D eigenvalue weighted by molar-refractivity contribution is 7.08. The molecule has 0 saturated heterocycles. The van der Waals surface area contributed by atoms with Crippen molar-refractivity contribution in [3.8, 4) is 0 Å². The second kappa shape index (κ2) is 7.81. The van der Waals surface area contributed by atoms with E-state index in [4.69, 9.17) is 9.15 Å². The summed E-state index contributed by atoms with van der Waals surface area (Å²) in [5.41, 5.74) is 1.69. The van der Waals surface area contributed by atoms with E-state index in [1.54, 1.807) is 6.08 Å². The maximum Gasteiger partial charge on any atom is 0.331 e. The Kier molecular flexibility index (Phi) is 5.30. The van der Waals surface area contributed by atoms with E-state index in [9.17, 15) is 9.59 Å². The largest absolute Gasteiger partial charge is 0.459 e. The number of ether oxygens (including phenoxy) is 1. The van der Waals surface area contributed by atoms with Crippen LogP contribution in [-0.2, 0) is 14.3 Å². The molecule has 5 nitrogen and oxygen atoms in total. The zero-order valence-corrected chi connectivity index (χ0v) is 14.4. The molecule has 0 aliphatic carbocycles. The van der Waals surface area contributed by atoms with Gasteiger partial charge in [-0.2, -0.15) is 11.3 Å². The highest BCUT2D eigenvalue weighted by atomic mass is 32.1. The summed E-state index contributed by atoms with van der Waals surface area (Å²) in [5, 5.41) is 7.55. The number of para-hydroxylation sites is 1. The van der Waals surface area contributed by atoms with Gasteiger partial charge in [0.15, 0.2) is 6.61 Å². The quantitative estimate of drug-likeness (QED) is 0.537. The Balaban J connectivity index is 1.49. The first kappa shape index (κ1) is 17.0. The lowest BCUT2D eigenvalue weighted by molar-refractivity contribution is -0.144. The molecule has 0 bridgehead atoms. The van der Waals surface area contributed by atoms with Crippen molar-refractivity contribution in [2.75, 3.05) is 6.61 Å². The molecule has 1 amide bonds. The number of carbonyl (C=O) groups excluding carboxylic acids is 2. The lowest BCUT2D eigenvalue weighted by Crippen LogP contribution is -2.30. The molecule has 0 fully saturated rings. The van der Waals surface area contributed by atoms with E-state index >= 15 is 0 Å². The van der Waals surface area contributed by atoms with Gasteiger partial charge in [0, 0.05) is 11.5 Å². The Hall–Kier alpha value is -2.86. The normalized spacial score (nSPS) is 12.4. The molecule has 0 saturated carbocycles. The van der Waals surface area contributed by atoms with Gasteiger partial charge in [-0.05, 0) is 47.5 Å². The van der Waals surface area contributed by atoms with Crippen molar-refractivity contribution < 1.29 is 18.7 Å². The number of benzene rings is 1. The predicted molar refractivity (Wildman–Crippen MR) is 97.1 cm³/mol. The SMILES string of the molecule is C[C@H](NC(=O)COC(=O)/C=C/c1ccsc1)c1cc2ccccc2o1. The van der Waals surface area contributed by atoms with E-state index in [1.165, 1.54) is 17.4 Å². The average molecular weight is 355 g/mol. The molecule has 1 atom stereocenters. The number of rotatable bonds is 6. The second-order valence-electron chi connectivity index (χ2n) is 5.47. The number of hydrogen-bond donors (Lipinski definition) is 1. The molecule has 128 valence electrons. The van der Waals surface area contributed by atoms with Gasteiger partial charge >= 0.3 is 5.97 Å². The number of furan rings is 1. The summed E-state index contributed by atoms with van der Waals surface area (Å²) in [6.45, 7) is 1.48. The molecule has 0 spiro atoms. The zero-order chi connectivity index (χ0) is 17.6. The molecule has 2 aromatic heterocycles. The first-order chi connectivity index (χ1) is 12.1. The second-order valence-corrected chi connectivity index (χ2v) is 6.25. The predicted octanol–water partition coefficient (Wildman–Crippen LogP) is 3.93. The van der Waals surface area contributed by atoms with Crippen LogP contribution in [0.25, 0.3) is 17.0 Å². The van der Waals surface area contributed by atoms with Crippen LogP contribution in [0, 0.1) is 0 Å².